The molecule has 2 fully saturated rings. The van der Waals surface area contributed by atoms with Crippen molar-refractivity contribution in [2.24, 2.45) is 0 Å². The van der Waals surface area contributed by atoms with Gasteiger partial charge in [-0.15, -0.1) is 6.42 Å². The minimum Gasteiger partial charge on any atom is -0.479 e. The van der Waals surface area contributed by atoms with Gasteiger partial charge in [0, 0.05) is 13.0 Å². The van der Waals surface area contributed by atoms with Crippen molar-refractivity contribution < 1.29 is 44.2 Å². The summed E-state index contributed by atoms with van der Waals surface area (Å²) in [4.78, 5) is 37.1. The van der Waals surface area contributed by atoms with Gasteiger partial charge in [-0.3, -0.25) is 4.57 Å². The number of carboxylic acids is 2. The zero-order valence-corrected chi connectivity index (χ0v) is 22.1. The van der Waals surface area contributed by atoms with E-state index in [2.05, 4.69) is 26.2 Å². The Hall–Kier alpha value is -3.84. The van der Waals surface area contributed by atoms with Crippen LogP contribution in [-0.2, 0) is 30.2 Å². The first-order chi connectivity index (χ1) is 19.6. The number of aromatic nitrogens is 4. The number of fused-ring (bicyclic) bond motifs is 1. The van der Waals surface area contributed by atoms with Gasteiger partial charge < -0.3 is 40.0 Å². The molecule has 0 aliphatic carbocycles. The zero-order valence-electron chi connectivity index (χ0n) is 21.4. The SMILES string of the molecule is C#C[C@@]1(O)[C@@H](COC(Cc2ccccc2)(C(=O)O)C(=O)O)O[C@@H](n2cnc3c(NC4CCOC4)nc(Cl)nc32)[C@@H]1O. The summed E-state index contributed by atoms with van der Waals surface area (Å²) in [6, 6.07) is 8.00. The second-order valence-electron chi connectivity index (χ2n) is 9.71. The van der Waals surface area contributed by atoms with Crippen LogP contribution >= 0.6 is 11.6 Å². The highest BCUT2D eigenvalue weighted by Crippen LogP contribution is 2.39. The molecule has 0 bridgehead atoms. The number of benzene rings is 1. The van der Waals surface area contributed by atoms with Crippen molar-refractivity contribution in [1.82, 2.24) is 19.5 Å². The number of hydrogen-bond donors (Lipinski definition) is 5. The number of carboxylic acid groups (broad SMARTS) is 2. The molecule has 15 heteroatoms. The van der Waals surface area contributed by atoms with E-state index >= 15 is 0 Å². The molecule has 41 heavy (non-hydrogen) atoms. The molecule has 14 nitrogen and oxygen atoms in total. The Morgan fingerprint density at radius 1 is 1.27 bits per heavy atom. The first-order valence-corrected chi connectivity index (χ1v) is 12.9. The van der Waals surface area contributed by atoms with Crippen LogP contribution in [0.5, 0.6) is 0 Å². The third-order valence-electron chi connectivity index (χ3n) is 7.15. The highest BCUT2D eigenvalue weighted by molar-refractivity contribution is 6.28. The first kappa shape index (κ1) is 28.7. The molecule has 0 amide bonds. The first-order valence-electron chi connectivity index (χ1n) is 12.5. The molecule has 5 N–H and O–H groups in total. The smallest absolute Gasteiger partial charge is 0.348 e. The Kier molecular flexibility index (Phi) is 7.84. The van der Waals surface area contributed by atoms with Gasteiger partial charge in [0.15, 0.2) is 28.8 Å². The molecule has 1 unspecified atom stereocenters. The minimum atomic E-state index is -2.74. The number of aliphatic hydroxyl groups is 2. The van der Waals surface area contributed by atoms with Gasteiger partial charge in [0.1, 0.15) is 12.2 Å². The fourth-order valence-electron chi connectivity index (χ4n) is 4.85. The molecule has 0 spiro atoms. The van der Waals surface area contributed by atoms with Crippen LogP contribution in [0.2, 0.25) is 5.28 Å². The van der Waals surface area contributed by atoms with Crippen LogP contribution in [0.25, 0.3) is 11.2 Å². The number of aliphatic hydroxyl groups excluding tert-OH is 1. The van der Waals surface area contributed by atoms with Crippen molar-refractivity contribution in [1.29, 1.82) is 0 Å². The number of aliphatic carboxylic acids is 2. The summed E-state index contributed by atoms with van der Waals surface area (Å²) in [5, 5.41) is 45.2. The van der Waals surface area contributed by atoms with Crippen LogP contribution in [-0.4, -0.2) is 101 Å². The average molecular weight is 588 g/mol. The number of hydrogen-bond acceptors (Lipinski definition) is 11. The molecule has 2 aliphatic rings. The monoisotopic (exact) mass is 587 g/mol. The summed E-state index contributed by atoms with van der Waals surface area (Å²) in [6.07, 6.45) is 2.34. The molecule has 4 heterocycles. The molecule has 2 aliphatic heterocycles. The number of carbonyl (C=O) groups is 2. The maximum atomic E-state index is 12.2. The lowest BCUT2D eigenvalue weighted by atomic mass is 9.92. The summed E-state index contributed by atoms with van der Waals surface area (Å²) in [5.74, 6) is -1.14. The van der Waals surface area contributed by atoms with E-state index in [0.717, 1.165) is 6.42 Å². The van der Waals surface area contributed by atoms with E-state index in [-0.39, 0.29) is 17.0 Å². The van der Waals surface area contributed by atoms with Crippen LogP contribution < -0.4 is 5.32 Å². The number of halogens is 1. The average Bonchev–Trinajstić information content (AvgIpc) is 3.67. The Morgan fingerprint density at radius 2 is 2.00 bits per heavy atom. The predicted molar refractivity (Wildman–Crippen MR) is 141 cm³/mol. The van der Waals surface area contributed by atoms with Gasteiger partial charge in [-0.25, -0.2) is 14.6 Å². The topological polar surface area (TPSA) is 198 Å². The van der Waals surface area contributed by atoms with Crippen LogP contribution in [0.3, 0.4) is 0 Å². The molecule has 0 saturated carbocycles. The second kappa shape index (κ2) is 11.2. The molecule has 5 rings (SSSR count). The minimum absolute atomic E-state index is 0.0321. The number of nitrogens with zero attached hydrogens (tertiary/aromatic N) is 4. The van der Waals surface area contributed by atoms with Gasteiger partial charge in [0.05, 0.1) is 25.6 Å². The van der Waals surface area contributed by atoms with Gasteiger partial charge in [-0.05, 0) is 23.6 Å². The maximum absolute atomic E-state index is 12.2. The Morgan fingerprint density at radius 3 is 2.63 bits per heavy atom. The number of ether oxygens (including phenoxy) is 3. The Bertz CT molecular complexity index is 1480. The molecule has 0 radical (unpaired) electrons. The van der Waals surface area contributed by atoms with Gasteiger partial charge >= 0.3 is 11.9 Å². The van der Waals surface area contributed by atoms with Crippen LogP contribution in [0.4, 0.5) is 5.82 Å². The molecule has 2 saturated heterocycles. The van der Waals surface area contributed by atoms with Crippen molar-refractivity contribution in [2.45, 2.75) is 48.5 Å². The van der Waals surface area contributed by atoms with Gasteiger partial charge in [-0.2, -0.15) is 9.97 Å². The van der Waals surface area contributed by atoms with E-state index in [9.17, 15) is 30.0 Å². The molecular formula is C26H26ClN5O9. The van der Waals surface area contributed by atoms with E-state index in [0.29, 0.717) is 30.1 Å². The van der Waals surface area contributed by atoms with Crippen molar-refractivity contribution in [3.8, 4) is 12.3 Å². The van der Waals surface area contributed by atoms with Gasteiger partial charge in [-0.1, -0.05) is 36.3 Å². The lowest BCUT2D eigenvalue weighted by Crippen LogP contribution is -2.55. The Balaban J connectivity index is 1.43. The largest absolute Gasteiger partial charge is 0.479 e. The summed E-state index contributed by atoms with van der Waals surface area (Å²) in [7, 11) is 0. The number of nitrogens with one attached hydrogen (secondary N) is 1. The van der Waals surface area contributed by atoms with E-state index in [1.165, 1.54) is 10.9 Å². The van der Waals surface area contributed by atoms with Crippen molar-refractivity contribution in [3.05, 3.63) is 47.5 Å². The van der Waals surface area contributed by atoms with E-state index in [1.807, 2.05) is 0 Å². The van der Waals surface area contributed by atoms with Crippen LogP contribution in [0.15, 0.2) is 36.7 Å². The number of rotatable bonds is 10. The molecule has 3 aromatic rings. The molecule has 1 aromatic carbocycles. The van der Waals surface area contributed by atoms with Gasteiger partial charge in [0.25, 0.3) is 5.60 Å². The predicted octanol–water partition coefficient (Wildman–Crippen LogP) is 0.470. The van der Waals surface area contributed by atoms with Crippen molar-refractivity contribution >= 4 is 40.5 Å². The summed E-state index contributed by atoms with van der Waals surface area (Å²) < 4.78 is 18.0. The molecule has 5 atom stereocenters. The lowest BCUT2D eigenvalue weighted by Gasteiger charge is -2.30. The fourth-order valence-corrected chi connectivity index (χ4v) is 5.02. The molecule has 216 valence electrons. The maximum Gasteiger partial charge on any atom is 0.348 e. The summed E-state index contributed by atoms with van der Waals surface area (Å²) in [5.41, 5.74) is -4.33. The standard InChI is InChI=1S/C26H26ClN5O9/c1-2-25(38)16(12-40-26(22(34)35,23(36)37)10-14-6-4-3-5-7-14)41-21(18(25)33)32-13-28-17-19(29-15-8-9-39-11-15)30-24(27)31-20(17)32/h1,3-7,13,15-16,18,21,33,38H,8-12H2,(H,34,35)(H,36,37)(H,29,30,31)/t15?,16-,18+,21-,25-/m1/s1. The normalized spacial score (nSPS) is 26.2. The molecular weight excluding hydrogens is 562 g/mol. The van der Waals surface area contributed by atoms with E-state index in [1.54, 1.807) is 30.3 Å². The van der Waals surface area contributed by atoms with Crippen LogP contribution in [0, 0.1) is 12.3 Å². The second-order valence-corrected chi connectivity index (χ2v) is 10.0. The highest BCUT2D eigenvalue weighted by Gasteiger charge is 2.58. The van der Waals surface area contributed by atoms with Crippen LogP contribution in [0.1, 0.15) is 18.2 Å². The van der Waals surface area contributed by atoms with Crippen molar-refractivity contribution in [3.63, 3.8) is 0 Å². The van der Waals surface area contributed by atoms with E-state index < -0.39 is 54.6 Å². The number of anilines is 1. The lowest BCUT2D eigenvalue weighted by molar-refractivity contribution is -0.191. The molecule has 2 aromatic heterocycles. The summed E-state index contributed by atoms with van der Waals surface area (Å²) in [6.45, 7) is 0.251. The highest BCUT2D eigenvalue weighted by atomic mass is 35.5. The fraction of sp³-hybridized carbons (Fsp3) is 0.423. The Labute approximate surface area is 237 Å². The van der Waals surface area contributed by atoms with Crippen molar-refractivity contribution in [2.75, 3.05) is 25.1 Å². The number of terminal acetylenes is 1. The van der Waals surface area contributed by atoms with Gasteiger partial charge in [0.2, 0.25) is 5.28 Å². The van der Waals surface area contributed by atoms with E-state index in [4.69, 9.17) is 32.2 Å². The quantitative estimate of drug-likeness (QED) is 0.125. The zero-order chi connectivity index (χ0) is 29.4. The number of imidazole rings is 1. The third-order valence-corrected chi connectivity index (χ3v) is 7.32. The third kappa shape index (κ3) is 5.19. The summed E-state index contributed by atoms with van der Waals surface area (Å²) >= 11 is 6.17.